The zero-order valence-electron chi connectivity index (χ0n) is 11.0. The van der Waals surface area contributed by atoms with Crippen molar-refractivity contribution < 1.29 is 9.53 Å². The summed E-state index contributed by atoms with van der Waals surface area (Å²) in [6.45, 7) is 6.73. The maximum Gasteiger partial charge on any atom is 0.326 e. The van der Waals surface area contributed by atoms with E-state index in [1.807, 2.05) is 14.0 Å². The molecule has 0 amide bonds. The van der Waals surface area contributed by atoms with Gasteiger partial charge < -0.3 is 10.1 Å². The van der Waals surface area contributed by atoms with E-state index >= 15 is 0 Å². The number of carbonyl (C=O) groups excluding carboxylic acids is 1. The van der Waals surface area contributed by atoms with Crippen LogP contribution < -0.4 is 5.32 Å². The number of rotatable bonds is 4. The molecule has 2 unspecified atom stereocenters. The van der Waals surface area contributed by atoms with E-state index in [2.05, 4.69) is 19.2 Å². The van der Waals surface area contributed by atoms with Gasteiger partial charge >= 0.3 is 5.97 Å². The number of nitrogens with one attached hydrogen (secondary N) is 1. The van der Waals surface area contributed by atoms with Gasteiger partial charge in [-0.25, -0.2) is 0 Å². The molecule has 1 rings (SSSR count). The molecule has 0 bridgehead atoms. The van der Waals surface area contributed by atoms with Gasteiger partial charge in [-0.05, 0) is 38.6 Å². The lowest BCUT2D eigenvalue weighted by atomic mass is 9.68. The van der Waals surface area contributed by atoms with Crippen molar-refractivity contribution in [2.75, 3.05) is 13.7 Å². The first-order chi connectivity index (χ1) is 7.58. The monoisotopic (exact) mass is 227 g/mol. The Balaban J connectivity index is 2.91. The van der Waals surface area contributed by atoms with Crippen molar-refractivity contribution in [2.45, 2.75) is 52.0 Å². The molecule has 0 aromatic carbocycles. The average molecular weight is 227 g/mol. The number of esters is 1. The molecule has 3 nitrogen and oxygen atoms in total. The van der Waals surface area contributed by atoms with Crippen molar-refractivity contribution in [1.29, 1.82) is 0 Å². The van der Waals surface area contributed by atoms with Gasteiger partial charge in [0.25, 0.3) is 0 Å². The smallest absolute Gasteiger partial charge is 0.326 e. The third-order valence-electron chi connectivity index (χ3n) is 3.86. The molecule has 1 fully saturated rings. The van der Waals surface area contributed by atoms with E-state index in [1.54, 1.807) is 0 Å². The van der Waals surface area contributed by atoms with Gasteiger partial charge in [-0.2, -0.15) is 0 Å². The van der Waals surface area contributed by atoms with Crippen LogP contribution in [-0.4, -0.2) is 25.2 Å². The lowest BCUT2D eigenvalue weighted by molar-refractivity contribution is -0.156. The Hall–Kier alpha value is -0.570. The average Bonchev–Trinajstić information content (AvgIpc) is 2.29. The zero-order valence-corrected chi connectivity index (χ0v) is 11.0. The molecule has 1 N–H and O–H groups in total. The fraction of sp³-hybridized carbons (Fsp3) is 0.923. The first-order valence-electron chi connectivity index (χ1n) is 6.44. The Morgan fingerprint density at radius 3 is 2.69 bits per heavy atom. The second kappa shape index (κ2) is 5.67. The predicted octanol–water partition coefficient (Wildman–Crippen LogP) is 2.35. The fourth-order valence-electron chi connectivity index (χ4n) is 3.03. The molecule has 0 radical (unpaired) electrons. The quantitative estimate of drug-likeness (QED) is 0.749. The summed E-state index contributed by atoms with van der Waals surface area (Å²) < 4.78 is 5.25. The minimum Gasteiger partial charge on any atom is -0.465 e. The normalized spacial score (nSPS) is 30.4. The van der Waals surface area contributed by atoms with E-state index in [0.717, 1.165) is 19.3 Å². The summed E-state index contributed by atoms with van der Waals surface area (Å²) in [5.41, 5.74) is -0.442. The van der Waals surface area contributed by atoms with Gasteiger partial charge in [0.05, 0.1) is 6.61 Å². The molecule has 3 heteroatoms. The van der Waals surface area contributed by atoms with Crippen molar-refractivity contribution in [1.82, 2.24) is 5.32 Å². The highest BCUT2D eigenvalue weighted by Gasteiger charge is 2.48. The number of likely N-dealkylation sites (N-methyl/N-ethyl adjacent to an activating group) is 1. The molecule has 0 aromatic rings. The van der Waals surface area contributed by atoms with Crippen molar-refractivity contribution >= 4 is 5.97 Å². The summed E-state index contributed by atoms with van der Waals surface area (Å²) in [6, 6.07) is 0. The van der Waals surface area contributed by atoms with Crippen LogP contribution in [0.2, 0.25) is 0 Å². The largest absolute Gasteiger partial charge is 0.465 e. The van der Waals surface area contributed by atoms with Gasteiger partial charge in [0, 0.05) is 0 Å². The Labute approximate surface area is 98.9 Å². The standard InChI is InChI=1S/C13H25NO2/c1-5-16-12(15)13(14-4)9-7-6-8-11(13)10(2)3/h10-11,14H,5-9H2,1-4H3. The highest BCUT2D eigenvalue weighted by Crippen LogP contribution is 2.39. The van der Waals surface area contributed by atoms with Gasteiger partial charge in [0.15, 0.2) is 0 Å². The molecule has 0 heterocycles. The molecule has 0 saturated heterocycles. The number of carbonyl (C=O) groups is 1. The molecule has 0 spiro atoms. The van der Waals surface area contributed by atoms with Crippen LogP contribution in [0.1, 0.15) is 46.5 Å². The van der Waals surface area contributed by atoms with Crippen molar-refractivity contribution in [3.05, 3.63) is 0 Å². The summed E-state index contributed by atoms with van der Waals surface area (Å²) in [4.78, 5) is 12.2. The van der Waals surface area contributed by atoms with Crippen LogP contribution in [-0.2, 0) is 9.53 Å². The van der Waals surface area contributed by atoms with Crippen molar-refractivity contribution in [2.24, 2.45) is 11.8 Å². The van der Waals surface area contributed by atoms with Crippen molar-refractivity contribution in [3.8, 4) is 0 Å². The first kappa shape index (κ1) is 13.5. The van der Waals surface area contributed by atoms with E-state index in [-0.39, 0.29) is 5.97 Å². The second-order valence-electron chi connectivity index (χ2n) is 5.04. The Morgan fingerprint density at radius 1 is 1.50 bits per heavy atom. The van der Waals surface area contributed by atoms with Gasteiger partial charge in [0.2, 0.25) is 0 Å². The van der Waals surface area contributed by atoms with Gasteiger partial charge in [0.1, 0.15) is 5.54 Å². The minimum atomic E-state index is -0.442. The summed E-state index contributed by atoms with van der Waals surface area (Å²) in [7, 11) is 1.89. The summed E-state index contributed by atoms with van der Waals surface area (Å²) in [5, 5.41) is 3.26. The maximum absolute atomic E-state index is 12.2. The van der Waals surface area contributed by atoms with Crippen LogP contribution in [0.5, 0.6) is 0 Å². The molecule has 0 aliphatic heterocycles. The molecule has 94 valence electrons. The molecular weight excluding hydrogens is 202 g/mol. The lowest BCUT2D eigenvalue weighted by Crippen LogP contribution is -2.59. The van der Waals surface area contributed by atoms with Crippen LogP contribution in [0.4, 0.5) is 0 Å². The SMILES string of the molecule is CCOC(=O)C1(NC)CCCCC1C(C)C. The van der Waals surface area contributed by atoms with Gasteiger partial charge in [-0.15, -0.1) is 0 Å². The summed E-state index contributed by atoms with van der Waals surface area (Å²) >= 11 is 0. The van der Waals surface area contributed by atoms with Gasteiger partial charge in [-0.3, -0.25) is 4.79 Å². The van der Waals surface area contributed by atoms with Crippen molar-refractivity contribution in [3.63, 3.8) is 0 Å². The molecule has 1 aliphatic rings. The van der Waals surface area contributed by atoms with Crippen LogP contribution in [0.25, 0.3) is 0 Å². The highest BCUT2D eigenvalue weighted by atomic mass is 16.5. The molecule has 16 heavy (non-hydrogen) atoms. The number of hydrogen-bond donors (Lipinski definition) is 1. The minimum absolute atomic E-state index is 0.0594. The van der Waals surface area contributed by atoms with Crippen LogP contribution in [0.15, 0.2) is 0 Å². The Bertz CT molecular complexity index is 240. The summed E-state index contributed by atoms with van der Waals surface area (Å²) in [6.07, 6.45) is 4.37. The van der Waals surface area contributed by atoms with E-state index in [0.29, 0.717) is 18.4 Å². The van der Waals surface area contributed by atoms with Crippen LogP contribution in [0.3, 0.4) is 0 Å². The third-order valence-corrected chi connectivity index (χ3v) is 3.86. The van der Waals surface area contributed by atoms with Crippen LogP contribution in [0, 0.1) is 11.8 Å². The lowest BCUT2D eigenvalue weighted by Gasteiger charge is -2.43. The fourth-order valence-corrected chi connectivity index (χ4v) is 3.03. The van der Waals surface area contributed by atoms with E-state index in [9.17, 15) is 4.79 Å². The Morgan fingerprint density at radius 2 is 2.19 bits per heavy atom. The highest BCUT2D eigenvalue weighted by molar-refractivity contribution is 5.81. The third kappa shape index (κ3) is 2.40. The molecule has 1 saturated carbocycles. The zero-order chi connectivity index (χ0) is 12.2. The molecule has 2 atom stereocenters. The maximum atomic E-state index is 12.2. The molecule has 1 aliphatic carbocycles. The number of hydrogen-bond acceptors (Lipinski definition) is 3. The Kier molecular flexibility index (Phi) is 4.78. The van der Waals surface area contributed by atoms with Gasteiger partial charge in [-0.1, -0.05) is 26.7 Å². The summed E-state index contributed by atoms with van der Waals surface area (Å²) in [5.74, 6) is 0.846. The topological polar surface area (TPSA) is 38.3 Å². The van der Waals surface area contributed by atoms with E-state index in [1.165, 1.54) is 6.42 Å². The predicted molar refractivity (Wildman–Crippen MR) is 65.2 cm³/mol. The van der Waals surface area contributed by atoms with E-state index in [4.69, 9.17) is 4.74 Å². The van der Waals surface area contributed by atoms with Crippen LogP contribution >= 0.6 is 0 Å². The molecular formula is C13H25NO2. The second-order valence-corrected chi connectivity index (χ2v) is 5.04. The first-order valence-corrected chi connectivity index (χ1v) is 6.44. The van der Waals surface area contributed by atoms with E-state index < -0.39 is 5.54 Å². The number of ether oxygens (including phenoxy) is 1. The molecule has 0 aromatic heterocycles.